The second kappa shape index (κ2) is 2.70. The highest BCUT2D eigenvalue weighted by molar-refractivity contribution is 5.39. The molecule has 0 aromatic carbocycles. The van der Waals surface area contributed by atoms with E-state index < -0.39 is 0 Å². The Kier molecular flexibility index (Phi) is 1.52. The monoisotopic (exact) mass is 180 g/mol. The Bertz CT molecular complexity index is 311. The first-order valence-electron chi connectivity index (χ1n) is 4.73. The fraction of sp³-hybridized carbons (Fsp3) is 0.750. The standard InChI is InChI=1S/C8H12N4O/c1-2-6-4-9-8-7(10-13-11-8)5-12(6)3-1/h6H,1-5H2,(H,9,11)/t6-/m0/s1. The van der Waals surface area contributed by atoms with Crippen molar-refractivity contribution in [3.63, 3.8) is 0 Å². The third kappa shape index (κ3) is 1.11. The minimum Gasteiger partial charge on any atom is -0.364 e. The molecular weight excluding hydrogens is 168 g/mol. The minimum absolute atomic E-state index is 0.663. The van der Waals surface area contributed by atoms with Crippen LogP contribution in [-0.4, -0.2) is 34.3 Å². The zero-order chi connectivity index (χ0) is 8.67. The molecule has 0 spiro atoms. The summed E-state index contributed by atoms with van der Waals surface area (Å²) >= 11 is 0. The quantitative estimate of drug-likeness (QED) is 0.628. The highest BCUT2D eigenvalue weighted by Crippen LogP contribution is 2.25. The average Bonchev–Trinajstić information content (AvgIpc) is 2.72. The molecule has 1 N–H and O–H groups in total. The smallest absolute Gasteiger partial charge is 0.195 e. The molecule has 0 radical (unpaired) electrons. The SMILES string of the molecule is C1C[C@H]2CNc3nonc3CN2C1. The Morgan fingerprint density at radius 3 is 3.46 bits per heavy atom. The van der Waals surface area contributed by atoms with Crippen molar-refractivity contribution in [1.29, 1.82) is 0 Å². The van der Waals surface area contributed by atoms with Gasteiger partial charge in [0.2, 0.25) is 0 Å². The highest BCUT2D eigenvalue weighted by atomic mass is 16.6. The van der Waals surface area contributed by atoms with Crippen LogP contribution in [0.5, 0.6) is 0 Å². The summed E-state index contributed by atoms with van der Waals surface area (Å²) in [5.41, 5.74) is 0.949. The van der Waals surface area contributed by atoms with Gasteiger partial charge < -0.3 is 5.32 Å². The normalized spacial score (nSPS) is 27.5. The van der Waals surface area contributed by atoms with Crippen molar-refractivity contribution in [1.82, 2.24) is 15.2 Å². The van der Waals surface area contributed by atoms with E-state index in [1.54, 1.807) is 0 Å². The van der Waals surface area contributed by atoms with E-state index in [9.17, 15) is 0 Å². The number of rotatable bonds is 0. The Morgan fingerprint density at radius 2 is 2.46 bits per heavy atom. The number of aromatic nitrogens is 2. The fourth-order valence-electron chi connectivity index (χ4n) is 2.19. The van der Waals surface area contributed by atoms with E-state index in [-0.39, 0.29) is 0 Å². The summed E-state index contributed by atoms with van der Waals surface area (Å²) in [4.78, 5) is 2.45. The predicted octanol–water partition coefficient (Wildman–Crippen LogP) is 0.459. The largest absolute Gasteiger partial charge is 0.364 e. The molecule has 70 valence electrons. The van der Waals surface area contributed by atoms with Crippen molar-refractivity contribution in [3.05, 3.63) is 5.69 Å². The summed E-state index contributed by atoms with van der Waals surface area (Å²) in [6, 6.07) is 0.663. The van der Waals surface area contributed by atoms with Gasteiger partial charge in [0.05, 0.1) is 0 Å². The summed E-state index contributed by atoms with van der Waals surface area (Å²) in [5, 5.41) is 11.0. The maximum atomic E-state index is 4.68. The Hall–Kier alpha value is -1.10. The first-order chi connectivity index (χ1) is 6.43. The molecule has 3 heterocycles. The molecule has 0 aliphatic carbocycles. The van der Waals surface area contributed by atoms with E-state index in [1.807, 2.05) is 0 Å². The first-order valence-corrected chi connectivity index (χ1v) is 4.73. The zero-order valence-corrected chi connectivity index (χ0v) is 7.36. The Labute approximate surface area is 76.1 Å². The number of hydrogen-bond donors (Lipinski definition) is 1. The number of nitrogens with one attached hydrogen (secondary N) is 1. The zero-order valence-electron chi connectivity index (χ0n) is 7.36. The molecule has 0 saturated carbocycles. The summed E-state index contributed by atoms with van der Waals surface area (Å²) in [7, 11) is 0. The molecule has 1 saturated heterocycles. The lowest BCUT2D eigenvalue weighted by atomic mass is 10.2. The maximum Gasteiger partial charge on any atom is 0.195 e. The van der Waals surface area contributed by atoms with Crippen LogP contribution in [0.2, 0.25) is 0 Å². The maximum absolute atomic E-state index is 4.68. The van der Waals surface area contributed by atoms with Crippen molar-refractivity contribution < 1.29 is 4.63 Å². The van der Waals surface area contributed by atoms with Crippen molar-refractivity contribution >= 4 is 5.82 Å². The molecule has 0 unspecified atom stereocenters. The van der Waals surface area contributed by atoms with Crippen molar-refractivity contribution in [2.45, 2.75) is 25.4 Å². The van der Waals surface area contributed by atoms with Crippen LogP contribution in [0.25, 0.3) is 0 Å². The lowest BCUT2D eigenvalue weighted by molar-refractivity contribution is 0.241. The van der Waals surface area contributed by atoms with E-state index in [4.69, 9.17) is 0 Å². The molecule has 2 aliphatic rings. The molecule has 0 bridgehead atoms. The van der Waals surface area contributed by atoms with E-state index in [2.05, 4.69) is 25.2 Å². The fourth-order valence-corrected chi connectivity index (χ4v) is 2.19. The Morgan fingerprint density at radius 1 is 1.46 bits per heavy atom. The number of nitrogens with zero attached hydrogens (tertiary/aromatic N) is 3. The van der Waals surface area contributed by atoms with Gasteiger partial charge >= 0.3 is 0 Å². The molecule has 5 heteroatoms. The number of anilines is 1. The van der Waals surface area contributed by atoms with Gasteiger partial charge in [-0.25, -0.2) is 4.63 Å². The van der Waals surface area contributed by atoms with E-state index in [0.29, 0.717) is 6.04 Å². The van der Waals surface area contributed by atoms with Crippen molar-refractivity contribution in [3.8, 4) is 0 Å². The van der Waals surface area contributed by atoms with Crippen molar-refractivity contribution in [2.75, 3.05) is 18.4 Å². The molecule has 1 fully saturated rings. The van der Waals surface area contributed by atoms with E-state index in [0.717, 1.165) is 24.6 Å². The third-order valence-electron chi connectivity index (χ3n) is 2.91. The van der Waals surface area contributed by atoms with Gasteiger partial charge in [-0.3, -0.25) is 4.90 Å². The number of fused-ring (bicyclic) bond motifs is 2. The van der Waals surface area contributed by atoms with E-state index in [1.165, 1.54) is 19.4 Å². The first kappa shape index (κ1) is 7.32. The molecule has 13 heavy (non-hydrogen) atoms. The summed E-state index contributed by atoms with van der Waals surface area (Å²) in [6.45, 7) is 3.04. The number of hydrogen-bond acceptors (Lipinski definition) is 5. The molecule has 1 atom stereocenters. The molecule has 5 nitrogen and oxygen atoms in total. The van der Waals surface area contributed by atoms with Gasteiger partial charge in [0.25, 0.3) is 0 Å². The van der Waals surface area contributed by atoms with Gasteiger partial charge in [-0.1, -0.05) is 5.16 Å². The van der Waals surface area contributed by atoms with Gasteiger partial charge in [-0.15, -0.1) is 0 Å². The van der Waals surface area contributed by atoms with Crippen LogP contribution >= 0.6 is 0 Å². The molecule has 3 rings (SSSR count). The van der Waals surface area contributed by atoms with Crippen LogP contribution in [0.3, 0.4) is 0 Å². The second-order valence-corrected chi connectivity index (χ2v) is 3.71. The Balaban J connectivity index is 1.90. The van der Waals surface area contributed by atoms with Gasteiger partial charge in [0, 0.05) is 19.1 Å². The van der Waals surface area contributed by atoms with Crippen LogP contribution in [0, 0.1) is 0 Å². The second-order valence-electron chi connectivity index (χ2n) is 3.71. The molecule has 1 aromatic heterocycles. The molecule has 1 aromatic rings. The van der Waals surface area contributed by atoms with Gasteiger partial charge in [0.1, 0.15) is 5.69 Å². The van der Waals surface area contributed by atoms with Gasteiger partial charge in [-0.2, -0.15) is 0 Å². The summed E-state index contributed by atoms with van der Waals surface area (Å²) in [5.74, 6) is 0.828. The summed E-state index contributed by atoms with van der Waals surface area (Å²) in [6.07, 6.45) is 2.58. The summed E-state index contributed by atoms with van der Waals surface area (Å²) < 4.78 is 4.68. The average molecular weight is 180 g/mol. The predicted molar refractivity (Wildman–Crippen MR) is 46.2 cm³/mol. The van der Waals surface area contributed by atoms with Crippen LogP contribution in [0.1, 0.15) is 18.5 Å². The lowest BCUT2D eigenvalue weighted by Crippen LogP contribution is -2.31. The van der Waals surface area contributed by atoms with Crippen LogP contribution in [0.15, 0.2) is 4.63 Å². The van der Waals surface area contributed by atoms with Gasteiger partial charge in [0.15, 0.2) is 5.82 Å². The van der Waals surface area contributed by atoms with E-state index >= 15 is 0 Å². The topological polar surface area (TPSA) is 54.2 Å². The lowest BCUT2D eigenvalue weighted by Gasteiger charge is -2.19. The van der Waals surface area contributed by atoms with Crippen LogP contribution < -0.4 is 5.32 Å². The van der Waals surface area contributed by atoms with Gasteiger partial charge in [-0.05, 0) is 24.5 Å². The van der Waals surface area contributed by atoms with Crippen LogP contribution in [0.4, 0.5) is 5.82 Å². The van der Waals surface area contributed by atoms with Crippen molar-refractivity contribution in [2.24, 2.45) is 0 Å². The minimum atomic E-state index is 0.663. The molecular formula is C8H12N4O. The van der Waals surface area contributed by atoms with Crippen LogP contribution in [-0.2, 0) is 6.54 Å². The molecule has 2 aliphatic heterocycles. The highest BCUT2D eigenvalue weighted by Gasteiger charge is 2.29. The molecule has 0 amide bonds. The third-order valence-corrected chi connectivity index (χ3v) is 2.91.